The molecule has 0 aliphatic carbocycles. The Morgan fingerprint density at radius 3 is 2.45 bits per heavy atom. The van der Waals surface area contributed by atoms with Crippen LogP contribution in [0, 0.1) is 0 Å². The van der Waals surface area contributed by atoms with E-state index in [4.69, 9.17) is 4.74 Å². The fraction of sp³-hybridized carbons (Fsp3) is 1.00. The highest BCUT2D eigenvalue weighted by Gasteiger charge is 2.23. The smallest absolute Gasteiger partial charge is 0.0608 e. The highest BCUT2D eigenvalue weighted by atomic mass is 32.2. The van der Waals surface area contributed by atoms with Crippen LogP contribution in [0.5, 0.6) is 0 Å². The highest BCUT2D eigenvalue weighted by molar-refractivity contribution is 8.00. The van der Waals surface area contributed by atoms with Gasteiger partial charge in [0.25, 0.3) is 0 Å². The topological polar surface area (TPSA) is 21.3 Å². The number of ether oxygens (including phenoxy) is 1. The maximum absolute atomic E-state index is 5.11. The van der Waals surface area contributed by atoms with Crippen LogP contribution in [0.25, 0.3) is 0 Å². The molecule has 3 heteroatoms. The average Bonchev–Trinajstić information content (AvgIpc) is 1.94. The first-order valence-electron chi connectivity index (χ1n) is 4.14. The van der Waals surface area contributed by atoms with Crippen LogP contribution in [0.4, 0.5) is 0 Å². The zero-order chi connectivity index (χ0) is 8.27. The molecule has 2 unspecified atom stereocenters. The zero-order valence-corrected chi connectivity index (χ0v) is 8.28. The maximum atomic E-state index is 5.11. The van der Waals surface area contributed by atoms with Crippen LogP contribution in [0.3, 0.4) is 0 Å². The number of rotatable bonds is 4. The van der Waals surface area contributed by atoms with Crippen molar-refractivity contribution in [1.82, 2.24) is 5.32 Å². The fourth-order valence-corrected chi connectivity index (χ4v) is 2.28. The third kappa shape index (κ3) is 2.65. The van der Waals surface area contributed by atoms with E-state index in [1.54, 1.807) is 0 Å². The number of hydrogen-bond acceptors (Lipinski definition) is 3. The van der Waals surface area contributed by atoms with E-state index in [2.05, 4.69) is 19.2 Å². The Morgan fingerprint density at radius 1 is 1.45 bits per heavy atom. The Morgan fingerprint density at radius 2 is 2.09 bits per heavy atom. The SMILES string of the molecule is CNC(C)C(C)SC1COC1. The monoisotopic (exact) mass is 175 g/mol. The van der Waals surface area contributed by atoms with Gasteiger partial charge < -0.3 is 10.1 Å². The van der Waals surface area contributed by atoms with E-state index in [1.807, 2.05) is 18.8 Å². The molecule has 1 saturated heterocycles. The summed E-state index contributed by atoms with van der Waals surface area (Å²) >= 11 is 2.03. The number of hydrogen-bond donors (Lipinski definition) is 1. The summed E-state index contributed by atoms with van der Waals surface area (Å²) in [6.45, 7) is 6.39. The Balaban J connectivity index is 2.13. The van der Waals surface area contributed by atoms with Gasteiger partial charge in [-0.25, -0.2) is 0 Å². The van der Waals surface area contributed by atoms with Gasteiger partial charge in [-0.15, -0.1) is 11.8 Å². The largest absolute Gasteiger partial charge is 0.379 e. The average molecular weight is 175 g/mol. The lowest BCUT2D eigenvalue weighted by atomic mass is 10.3. The van der Waals surface area contributed by atoms with Crippen LogP contribution >= 0.6 is 11.8 Å². The molecule has 0 spiro atoms. The lowest BCUT2D eigenvalue weighted by Crippen LogP contribution is -2.37. The minimum atomic E-state index is 0.598. The zero-order valence-electron chi connectivity index (χ0n) is 7.46. The summed E-state index contributed by atoms with van der Waals surface area (Å²) in [5, 5.41) is 4.70. The van der Waals surface area contributed by atoms with Crippen LogP contribution in [0.15, 0.2) is 0 Å². The number of nitrogens with one attached hydrogen (secondary N) is 1. The Labute approximate surface area is 73.1 Å². The first kappa shape index (κ1) is 9.36. The Kier molecular flexibility index (Phi) is 3.69. The van der Waals surface area contributed by atoms with E-state index in [-0.39, 0.29) is 0 Å². The lowest BCUT2D eigenvalue weighted by Gasteiger charge is -2.30. The molecule has 0 amide bonds. The molecule has 0 aromatic carbocycles. The normalized spacial score (nSPS) is 24.3. The van der Waals surface area contributed by atoms with Crippen molar-refractivity contribution in [3.63, 3.8) is 0 Å². The summed E-state index contributed by atoms with van der Waals surface area (Å²) in [6, 6.07) is 0.598. The van der Waals surface area contributed by atoms with Crippen LogP contribution in [0.2, 0.25) is 0 Å². The summed E-state index contributed by atoms with van der Waals surface area (Å²) < 4.78 is 5.11. The molecule has 1 N–H and O–H groups in total. The van der Waals surface area contributed by atoms with Gasteiger partial charge in [-0.2, -0.15) is 0 Å². The van der Waals surface area contributed by atoms with Crippen molar-refractivity contribution in [3.8, 4) is 0 Å². The van der Waals surface area contributed by atoms with Crippen LogP contribution < -0.4 is 5.32 Å². The molecule has 0 radical (unpaired) electrons. The highest BCUT2D eigenvalue weighted by Crippen LogP contribution is 2.25. The van der Waals surface area contributed by atoms with Gasteiger partial charge in [0, 0.05) is 11.3 Å². The molecular weight excluding hydrogens is 158 g/mol. The summed E-state index contributed by atoms with van der Waals surface area (Å²) in [5.41, 5.74) is 0. The van der Waals surface area contributed by atoms with E-state index >= 15 is 0 Å². The lowest BCUT2D eigenvalue weighted by molar-refractivity contribution is 0.0452. The molecule has 1 rings (SSSR count). The van der Waals surface area contributed by atoms with E-state index in [0.717, 1.165) is 18.5 Å². The van der Waals surface area contributed by atoms with Crippen LogP contribution in [0.1, 0.15) is 13.8 Å². The molecule has 1 aliphatic rings. The van der Waals surface area contributed by atoms with Crippen molar-refractivity contribution in [2.45, 2.75) is 30.4 Å². The van der Waals surface area contributed by atoms with Crippen molar-refractivity contribution in [3.05, 3.63) is 0 Å². The molecule has 11 heavy (non-hydrogen) atoms. The standard InChI is InChI=1S/C8H17NOS/c1-6(9-3)7(2)11-8-4-10-5-8/h6-9H,4-5H2,1-3H3. The second kappa shape index (κ2) is 4.33. The summed E-state index contributed by atoms with van der Waals surface area (Å²) in [6.07, 6.45) is 0. The molecule has 0 saturated carbocycles. The van der Waals surface area contributed by atoms with Gasteiger partial charge >= 0.3 is 0 Å². The molecule has 2 atom stereocenters. The fourth-order valence-electron chi connectivity index (χ4n) is 0.949. The predicted molar refractivity (Wildman–Crippen MR) is 50.2 cm³/mol. The van der Waals surface area contributed by atoms with Gasteiger partial charge in [-0.3, -0.25) is 0 Å². The number of thioether (sulfide) groups is 1. The van der Waals surface area contributed by atoms with Gasteiger partial charge in [-0.05, 0) is 14.0 Å². The Hall–Kier alpha value is 0.270. The molecule has 1 aliphatic heterocycles. The van der Waals surface area contributed by atoms with E-state index in [0.29, 0.717) is 11.3 Å². The van der Waals surface area contributed by atoms with Crippen molar-refractivity contribution in [2.24, 2.45) is 0 Å². The van der Waals surface area contributed by atoms with Gasteiger partial charge in [-0.1, -0.05) is 6.92 Å². The van der Waals surface area contributed by atoms with Crippen molar-refractivity contribution >= 4 is 11.8 Å². The van der Waals surface area contributed by atoms with Crippen molar-refractivity contribution < 1.29 is 4.74 Å². The van der Waals surface area contributed by atoms with Crippen LogP contribution in [-0.2, 0) is 4.74 Å². The Bertz CT molecular complexity index is 117. The van der Waals surface area contributed by atoms with Gasteiger partial charge in [0.15, 0.2) is 0 Å². The molecule has 1 fully saturated rings. The van der Waals surface area contributed by atoms with Gasteiger partial charge in [0.05, 0.1) is 18.5 Å². The molecular formula is C8H17NOS. The van der Waals surface area contributed by atoms with E-state index in [9.17, 15) is 0 Å². The molecule has 2 nitrogen and oxygen atoms in total. The minimum absolute atomic E-state index is 0.598. The molecule has 0 bridgehead atoms. The van der Waals surface area contributed by atoms with E-state index < -0.39 is 0 Å². The maximum Gasteiger partial charge on any atom is 0.0608 e. The second-order valence-electron chi connectivity index (χ2n) is 3.08. The second-order valence-corrected chi connectivity index (χ2v) is 4.76. The van der Waals surface area contributed by atoms with E-state index in [1.165, 1.54) is 0 Å². The summed E-state index contributed by atoms with van der Waals surface area (Å²) in [7, 11) is 2.01. The van der Waals surface area contributed by atoms with Crippen LogP contribution in [-0.4, -0.2) is 36.8 Å². The van der Waals surface area contributed by atoms with Gasteiger partial charge in [0.1, 0.15) is 0 Å². The quantitative estimate of drug-likeness (QED) is 0.691. The minimum Gasteiger partial charge on any atom is -0.379 e. The first-order valence-corrected chi connectivity index (χ1v) is 5.08. The predicted octanol–water partition coefficient (Wildman–Crippen LogP) is 1.11. The molecule has 0 aromatic rings. The molecule has 66 valence electrons. The van der Waals surface area contributed by atoms with Crippen molar-refractivity contribution in [2.75, 3.05) is 20.3 Å². The van der Waals surface area contributed by atoms with Gasteiger partial charge in [0.2, 0.25) is 0 Å². The van der Waals surface area contributed by atoms with Crippen molar-refractivity contribution in [1.29, 1.82) is 0 Å². The third-order valence-electron chi connectivity index (χ3n) is 2.17. The first-order chi connectivity index (χ1) is 5.24. The molecule has 0 aromatic heterocycles. The molecule has 1 heterocycles. The summed E-state index contributed by atoms with van der Waals surface area (Å²) in [5.74, 6) is 0. The third-order valence-corrected chi connectivity index (χ3v) is 3.67. The summed E-state index contributed by atoms with van der Waals surface area (Å²) in [4.78, 5) is 0.